The van der Waals surface area contributed by atoms with Crippen LogP contribution in [0.2, 0.25) is 5.02 Å². The monoisotopic (exact) mass is 401 g/mol. The van der Waals surface area contributed by atoms with Crippen molar-refractivity contribution in [2.24, 2.45) is 0 Å². The van der Waals surface area contributed by atoms with Crippen molar-refractivity contribution in [1.29, 1.82) is 0 Å². The van der Waals surface area contributed by atoms with Crippen LogP contribution in [0, 0.1) is 12.7 Å². The molecule has 0 radical (unpaired) electrons. The molecule has 136 valence electrons. The molecule has 0 amide bonds. The molecular formula is C19H13ClFN3O2S. The molecule has 0 saturated carbocycles. The lowest BCUT2D eigenvalue weighted by atomic mass is 10.2. The summed E-state index contributed by atoms with van der Waals surface area (Å²) in [6.45, 7) is 1.87. The maximum absolute atomic E-state index is 13.9. The lowest BCUT2D eigenvalue weighted by molar-refractivity contribution is 0.589. The van der Waals surface area contributed by atoms with Gasteiger partial charge in [0.1, 0.15) is 0 Å². The highest BCUT2D eigenvalue weighted by Crippen LogP contribution is 2.35. The van der Waals surface area contributed by atoms with E-state index in [4.69, 9.17) is 11.6 Å². The molecule has 0 atom stereocenters. The van der Waals surface area contributed by atoms with Crippen molar-refractivity contribution in [2.45, 2.75) is 11.8 Å². The summed E-state index contributed by atoms with van der Waals surface area (Å²) in [6, 6.07) is 11.4. The first-order valence-corrected chi connectivity index (χ1v) is 9.79. The molecule has 27 heavy (non-hydrogen) atoms. The maximum Gasteiger partial charge on any atom is 0.269 e. The van der Waals surface area contributed by atoms with Gasteiger partial charge in [-0.1, -0.05) is 29.3 Å². The summed E-state index contributed by atoms with van der Waals surface area (Å²) in [7, 11) is -4.00. The molecular weight excluding hydrogens is 389 g/mol. The summed E-state index contributed by atoms with van der Waals surface area (Å²) in [5.74, 6) is -0.716. The van der Waals surface area contributed by atoms with Crippen LogP contribution < -0.4 is 0 Å². The van der Waals surface area contributed by atoms with Gasteiger partial charge >= 0.3 is 0 Å². The average Bonchev–Trinajstić information content (AvgIpc) is 3.07. The Hall–Kier alpha value is -2.77. The fraction of sp³-hybridized carbons (Fsp3) is 0.0526. The van der Waals surface area contributed by atoms with Gasteiger partial charge in [-0.25, -0.2) is 21.8 Å². The minimum absolute atomic E-state index is 0.0563. The van der Waals surface area contributed by atoms with Crippen LogP contribution in [0.4, 0.5) is 4.39 Å². The van der Waals surface area contributed by atoms with Crippen molar-refractivity contribution < 1.29 is 12.8 Å². The summed E-state index contributed by atoms with van der Waals surface area (Å²) < 4.78 is 41.7. The molecule has 0 bridgehead atoms. The van der Waals surface area contributed by atoms with Gasteiger partial charge in [-0.3, -0.25) is 4.98 Å². The second-order valence-electron chi connectivity index (χ2n) is 6.01. The van der Waals surface area contributed by atoms with E-state index in [1.165, 1.54) is 24.4 Å². The van der Waals surface area contributed by atoms with Crippen molar-refractivity contribution in [2.75, 3.05) is 0 Å². The Labute approximate surface area is 160 Å². The quantitative estimate of drug-likeness (QED) is 0.509. The highest BCUT2D eigenvalue weighted by molar-refractivity contribution is 7.90. The van der Waals surface area contributed by atoms with Crippen LogP contribution in [-0.4, -0.2) is 22.4 Å². The molecule has 0 N–H and O–H groups in total. The van der Waals surface area contributed by atoms with Crippen molar-refractivity contribution in [1.82, 2.24) is 13.9 Å². The molecule has 0 aliphatic rings. The first kappa shape index (κ1) is 17.6. The molecule has 0 aliphatic carbocycles. The number of rotatable bonds is 3. The van der Waals surface area contributed by atoms with Gasteiger partial charge in [0.2, 0.25) is 0 Å². The van der Waals surface area contributed by atoms with E-state index in [0.29, 0.717) is 11.3 Å². The van der Waals surface area contributed by atoms with Crippen LogP contribution in [-0.2, 0) is 10.0 Å². The first-order valence-electron chi connectivity index (χ1n) is 7.97. The van der Waals surface area contributed by atoms with Crippen molar-refractivity contribution >= 4 is 32.7 Å². The van der Waals surface area contributed by atoms with E-state index in [0.717, 1.165) is 15.7 Å². The van der Waals surface area contributed by atoms with Crippen LogP contribution in [0.1, 0.15) is 5.56 Å². The normalized spacial score (nSPS) is 11.8. The van der Waals surface area contributed by atoms with Crippen LogP contribution in [0.5, 0.6) is 0 Å². The van der Waals surface area contributed by atoms with Crippen molar-refractivity contribution in [3.8, 4) is 11.3 Å². The Bertz CT molecular complexity index is 1250. The first-order chi connectivity index (χ1) is 12.9. The van der Waals surface area contributed by atoms with Crippen molar-refractivity contribution in [3.05, 3.63) is 77.5 Å². The smallest absolute Gasteiger partial charge is 0.264 e. The molecule has 1 aromatic carbocycles. The lowest BCUT2D eigenvalue weighted by Crippen LogP contribution is -2.15. The molecule has 5 nitrogen and oxygen atoms in total. The Morgan fingerprint density at radius 3 is 2.52 bits per heavy atom. The third kappa shape index (κ3) is 2.89. The predicted octanol–water partition coefficient (Wildman–Crippen LogP) is 4.44. The zero-order valence-electron chi connectivity index (χ0n) is 14.1. The second-order valence-corrected chi connectivity index (χ2v) is 8.18. The number of aromatic nitrogens is 3. The van der Waals surface area contributed by atoms with Gasteiger partial charge in [0.25, 0.3) is 10.0 Å². The average molecular weight is 402 g/mol. The SMILES string of the molecule is Cc1ccc(S(=O)(=O)n2c(-c3cccnc3)cc3c(Cl)c(F)cnc32)cc1. The van der Waals surface area contributed by atoms with E-state index in [9.17, 15) is 12.8 Å². The van der Waals surface area contributed by atoms with E-state index in [2.05, 4.69) is 9.97 Å². The minimum atomic E-state index is -4.00. The zero-order chi connectivity index (χ0) is 19.2. The Kier molecular flexibility index (Phi) is 4.20. The van der Waals surface area contributed by atoms with Gasteiger partial charge in [-0.2, -0.15) is 0 Å². The summed E-state index contributed by atoms with van der Waals surface area (Å²) in [5.41, 5.74) is 1.84. The van der Waals surface area contributed by atoms with Gasteiger partial charge in [-0.05, 0) is 37.3 Å². The van der Waals surface area contributed by atoms with Gasteiger partial charge in [0, 0.05) is 23.3 Å². The number of fused-ring (bicyclic) bond motifs is 1. The fourth-order valence-electron chi connectivity index (χ4n) is 2.84. The standard InChI is InChI=1S/C19H13ClFN3O2S/c1-12-4-6-14(7-5-12)27(25,26)24-17(13-3-2-8-22-10-13)9-15-18(20)16(21)11-23-19(15)24/h2-11H,1H3. The maximum atomic E-state index is 13.9. The molecule has 4 aromatic rings. The van der Waals surface area contributed by atoms with Gasteiger partial charge < -0.3 is 0 Å². The summed E-state index contributed by atoms with van der Waals surface area (Å²) in [6.07, 6.45) is 4.02. The van der Waals surface area contributed by atoms with E-state index < -0.39 is 15.8 Å². The Balaban J connectivity index is 2.09. The molecule has 8 heteroatoms. The molecule has 0 saturated heterocycles. The molecule has 0 spiro atoms. The van der Waals surface area contributed by atoms with E-state index in [-0.39, 0.29) is 21.0 Å². The van der Waals surface area contributed by atoms with Crippen LogP contribution >= 0.6 is 11.6 Å². The molecule has 3 aromatic heterocycles. The number of nitrogens with zero attached hydrogens (tertiary/aromatic N) is 3. The van der Waals surface area contributed by atoms with Gasteiger partial charge in [-0.15, -0.1) is 0 Å². The highest BCUT2D eigenvalue weighted by Gasteiger charge is 2.26. The number of halogens is 2. The number of aryl methyl sites for hydroxylation is 1. The summed E-state index contributed by atoms with van der Waals surface area (Å²) in [4.78, 5) is 8.14. The van der Waals surface area contributed by atoms with Crippen LogP contribution in [0.3, 0.4) is 0 Å². The number of pyridine rings is 2. The summed E-state index contributed by atoms with van der Waals surface area (Å²) in [5, 5.41) is 0.0363. The number of benzene rings is 1. The topological polar surface area (TPSA) is 64.8 Å². The molecule has 3 heterocycles. The van der Waals surface area contributed by atoms with Crippen molar-refractivity contribution in [3.63, 3.8) is 0 Å². The molecule has 0 aliphatic heterocycles. The van der Waals surface area contributed by atoms with E-state index in [1.807, 2.05) is 6.92 Å². The molecule has 0 fully saturated rings. The minimum Gasteiger partial charge on any atom is -0.264 e. The number of hydrogen-bond donors (Lipinski definition) is 0. The Morgan fingerprint density at radius 2 is 1.85 bits per heavy atom. The zero-order valence-corrected chi connectivity index (χ0v) is 15.7. The lowest BCUT2D eigenvalue weighted by Gasteiger charge is -2.12. The van der Waals surface area contributed by atoms with Gasteiger partial charge in [0.15, 0.2) is 11.5 Å². The largest absolute Gasteiger partial charge is 0.269 e. The van der Waals surface area contributed by atoms with E-state index >= 15 is 0 Å². The second kappa shape index (κ2) is 6.44. The van der Waals surface area contributed by atoms with Crippen LogP contribution in [0.25, 0.3) is 22.3 Å². The fourth-order valence-corrected chi connectivity index (χ4v) is 4.51. The van der Waals surface area contributed by atoms with E-state index in [1.54, 1.807) is 30.5 Å². The molecule has 4 rings (SSSR count). The number of hydrogen-bond acceptors (Lipinski definition) is 4. The third-order valence-electron chi connectivity index (χ3n) is 4.20. The highest BCUT2D eigenvalue weighted by atomic mass is 35.5. The molecule has 0 unspecified atom stereocenters. The predicted molar refractivity (Wildman–Crippen MR) is 102 cm³/mol. The van der Waals surface area contributed by atoms with Gasteiger partial charge in [0.05, 0.1) is 21.8 Å². The summed E-state index contributed by atoms with van der Waals surface area (Å²) >= 11 is 6.08. The van der Waals surface area contributed by atoms with Crippen LogP contribution in [0.15, 0.2) is 66.0 Å². The Morgan fingerprint density at radius 1 is 1.11 bits per heavy atom. The third-order valence-corrected chi connectivity index (χ3v) is 6.30.